The predicted molar refractivity (Wildman–Crippen MR) is 76.8 cm³/mol. The Labute approximate surface area is 114 Å². The Hall–Kier alpha value is 0.180. The first kappa shape index (κ1) is 14.6. The molecule has 0 radical (unpaired) electrons. The molecule has 0 aromatic heterocycles. The highest BCUT2D eigenvalue weighted by Gasteiger charge is 2.30. The molecular weight excluding hydrogens is 270 g/mol. The summed E-state index contributed by atoms with van der Waals surface area (Å²) in [5, 5.41) is 3.05. The minimum Gasteiger partial charge on any atom is -0.314 e. The van der Waals surface area contributed by atoms with E-state index in [9.17, 15) is 8.42 Å². The normalized spacial score (nSPS) is 28.4. The lowest BCUT2D eigenvalue weighted by Gasteiger charge is -2.36. The first-order valence-electron chi connectivity index (χ1n) is 6.51. The van der Waals surface area contributed by atoms with Crippen LogP contribution in [0, 0.1) is 0 Å². The Morgan fingerprint density at radius 1 is 1.22 bits per heavy atom. The molecule has 2 aliphatic rings. The SMILES string of the molecule is CS(=O)(=O)C1CSCCN1CCN1CCNCC1. The third-order valence-corrected chi connectivity index (χ3v) is 6.28. The summed E-state index contributed by atoms with van der Waals surface area (Å²) >= 11 is 1.75. The fraction of sp³-hybridized carbons (Fsp3) is 1.00. The van der Waals surface area contributed by atoms with Gasteiger partial charge >= 0.3 is 0 Å². The van der Waals surface area contributed by atoms with Crippen LogP contribution in [-0.2, 0) is 9.84 Å². The van der Waals surface area contributed by atoms with Gasteiger partial charge in [0.05, 0.1) is 0 Å². The maximum atomic E-state index is 11.8. The van der Waals surface area contributed by atoms with E-state index in [0.717, 1.165) is 57.3 Å². The molecule has 2 aliphatic heterocycles. The summed E-state index contributed by atoms with van der Waals surface area (Å²) in [5.41, 5.74) is 0. The number of hydrogen-bond donors (Lipinski definition) is 1. The number of thioether (sulfide) groups is 1. The molecular formula is C11H23N3O2S2. The van der Waals surface area contributed by atoms with Crippen molar-refractivity contribution in [2.24, 2.45) is 0 Å². The summed E-state index contributed by atoms with van der Waals surface area (Å²) in [5.74, 6) is 1.77. The van der Waals surface area contributed by atoms with E-state index in [-0.39, 0.29) is 5.37 Å². The molecule has 0 amide bonds. The molecule has 5 nitrogen and oxygen atoms in total. The molecule has 1 unspecified atom stereocenters. The summed E-state index contributed by atoms with van der Waals surface area (Å²) in [6, 6.07) is 0. The lowest BCUT2D eigenvalue weighted by atomic mass is 10.3. The van der Waals surface area contributed by atoms with Gasteiger partial charge in [-0.05, 0) is 0 Å². The molecule has 0 spiro atoms. The lowest BCUT2D eigenvalue weighted by Crippen LogP contribution is -2.51. The molecule has 0 saturated carbocycles. The molecule has 7 heteroatoms. The summed E-state index contributed by atoms with van der Waals surface area (Å²) in [6.07, 6.45) is 1.36. The van der Waals surface area contributed by atoms with Gasteiger partial charge in [-0.2, -0.15) is 11.8 Å². The average Bonchev–Trinajstić information content (AvgIpc) is 2.37. The Bertz CT molecular complexity index is 355. The first-order valence-corrected chi connectivity index (χ1v) is 9.62. The number of rotatable bonds is 4. The van der Waals surface area contributed by atoms with E-state index >= 15 is 0 Å². The smallest absolute Gasteiger partial charge is 0.164 e. The van der Waals surface area contributed by atoms with Gasteiger partial charge in [0.15, 0.2) is 9.84 Å². The van der Waals surface area contributed by atoms with Gasteiger partial charge in [-0.25, -0.2) is 8.42 Å². The molecule has 0 aliphatic carbocycles. The van der Waals surface area contributed by atoms with E-state index in [2.05, 4.69) is 15.1 Å². The number of sulfone groups is 1. The van der Waals surface area contributed by atoms with E-state index in [1.54, 1.807) is 11.8 Å². The second-order valence-electron chi connectivity index (χ2n) is 4.99. The van der Waals surface area contributed by atoms with Gasteiger partial charge in [0.25, 0.3) is 0 Å². The van der Waals surface area contributed by atoms with Crippen molar-refractivity contribution < 1.29 is 8.42 Å². The van der Waals surface area contributed by atoms with Crippen molar-refractivity contribution in [3.8, 4) is 0 Å². The molecule has 18 heavy (non-hydrogen) atoms. The van der Waals surface area contributed by atoms with Gasteiger partial charge in [0.1, 0.15) is 5.37 Å². The zero-order valence-corrected chi connectivity index (χ0v) is 12.6. The van der Waals surface area contributed by atoms with Crippen LogP contribution in [0.25, 0.3) is 0 Å². The molecule has 2 heterocycles. The van der Waals surface area contributed by atoms with Crippen LogP contribution < -0.4 is 5.32 Å². The lowest BCUT2D eigenvalue weighted by molar-refractivity contribution is 0.186. The predicted octanol–water partition coefficient (Wildman–Crippen LogP) is -0.689. The number of hydrogen-bond acceptors (Lipinski definition) is 6. The van der Waals surface area contributed by atoms with Crippen molar-refractivity contribution >= 4 is 21.6 Å². The monoisotopic (exact) mass is 293 g/mol. The fourth-order valence-corrected chi connectivity index (χ4v) is 5.44. The minimum atomic E-state index is -2.95. The molecule has 1 N–H and O–H groups in total. The van der Waals surface area contributed by atoms with Crippen LogP contribution >= 0.6 is 11.8 Å². The van der Waals surface area contributed by atoms with Crippen LogP contribution in [-0.4, -0.2) is 87.2 Å². The second kappa shape index (κ2) is 6.56. The van der Waals surface area contributed by atoms with Crippen LogP contribution in [0.2, 0.25) is 0 Å². The van der Waals surface area contributed by atoms with E-state index in [4.69, 9.17) is 0 Å². The van der Waals surface area contributed by atoms with Crippen molar-refractivity contribution in [3.05, 3.63) is 0 Å². The van der Waals surface area contributed by atoms with Gasteiger partial charge in [0, 0.05) is 63.6 Å². The average molecular weight is 293 g/mol. The topological polar surface area (TPSA) is 52.7 Å². The van der Waals surface area contributed by atoms with E-state index < -0.39 is 9.84 Å². The van der Waals surface area contributed by atoms with Gasteiger partial charge in [-0.15, -0.1) is 0 Å². The number of piperazine rings is 1. The molecule has 106 valence electrons. The summed E-state index contributed by atoms with van der Waals surface area (Å²) in [6.45, 7) is 7.00. The second-order valence-corrected chi connectivity index (χ2v) is 8.34. The first-order chi connectivity index (χ1) is 8.57. The summed E-state index contributed by atoms with van der Waals surface area (Å²) in [7, 11) is -2.95. The zero-order valence-electron chi connectivity index (χ0n) is 11.0. The molecule has 0 aromatic carbocycles. The Morgan fingerprint density at radius 3 is 2.61 bits per heavy atom. The van der Waals surface area contributed by atoms with Gasteiger partial charge in [-0.3, -0.25) is 9.80 Å². The standard InChI is InChI=1S/C11H23N3O2S2/c1-18(15,16)11-10-17-9-8-14(11)7-6-13-4-2-12-3-5-13/h11-12H,2-10H2,1H3. The van der Waals surface area contributed by atoms with Crippen molar-refractivity contribution in [2.75, 3.05) is 63.6 Å². The summed E-state index contributed by atoms with van der Waals surface area (Å²) in [4.78, 5) is 4.56. The summed E-state index contributed by atoms with van der Waals surface area (Å²) < 4.78 is 23.5. The highest BCUT2D eigenvalue weighted by atomic mass is 32.2. The number of nitrogens with zero attached hydrogens (tertiary/aromatic N) is 2. The van der Waals surface area contributed by atoms with Crippen LogP contribution in [0.5, 0.6) is 0 Å². The van der Waals surface area contributed by atoms with Gasteiger partial charge in [0.2, 0.25) is 0 Å². The highest BCUT2D eigenvalue weighted by molar-refractivity contribution is 8.00. The highest BCUT2D eigenvalue weighted by Crippen LogP contribution is 2.19. The molecule has 2 fully saturated rings. The Balaban J connectivity index is 1.85. The van der Waals surface area contributed by atoms with Gasteiger partial charge < -0.3 is 5.32 Å². The maximum absolute atomic E-state index is 11.8. The van der Waals surface area contributed by atoms with Crippen LogP contribution in [0.1, 0.15) is 0 Å². The van der Waals surface area contributed by atoms with Crippen molar-refractivity contribution in [3.63, 3.8) is 0 Å². The third-order valence-electron chi connectivity index (χ3n) is 3.60. The van der Waals surface area contributed by atoms with Crippen LogP contribution in [0.3, 0.4) is 0 Å². The minimum absolute atomic E-state index is 0.279. The Kier molecular flexibility index (Phi) is 5.32. The quantitative estimate of drug-likeness (QED) is 0.741. The van der Waals surface area contributed by atoms with E-state index in [1.165, 1.54) is 6.26 Å². The van der Waals surface area contributed by atoms with Gasteiger partial charge in [-0.1, -0.05) is 0 Å². The van der Waals surface area contributed by atoms with Crippen molar-refractivity contribution in [1.29, 1.82) is 0 Å². The molecule has 2 rings (SSSR count). The maximum Gasteiger partial charge on any atom is 0.164 e. The zero-order chi connectivity index (χ0) is 13.0. The van der Waals surface area contributed by atoms with Crippen molar-refractivity contribution in [2.45, 2.75) is 5.37 Å². The molecule has 2 saturated heterocycles. The van der Waals surface area contributed by atoms with Crippen LogP contribution in [0.4, 0.5) is 0 Å². The van der Waals surface area contributed by atoms with Crippen molar-refractivity contribution in [1.82, 2.24) is 15.1 Å². The Morgan fingerprint density at radius 2 is 1.94 bits per heavy atom. The number of nitrogens with one attached hydrogen (secondary N) is 1. The fourth-order valence-electron chi connectivity index (χ4n) is 2.47. The van der Waals surface area contributed by atoms with Crippen LogP contribution in [0.15, 0.2) is 0 Å². The molecule has 0 bridgehead atoms. The third kappa shape index (κ3) is 4.09. The molecule has 0 aromatic rings. The molecule has 1 atom stereocenters. The van der Waals surface area contributed by atoms with E-state index in [1.807, 2.05) is 0 Å². The van der Waals surface area contributed by atoms with E-state index in [0.29, 0.717) is 0 Å². The largest absolute Gasteiger partial charge is 0.314 e.